The van der Waals surface area contributed by atoms with E-state index in [-0.39, 0.29) is 5.97 Å². The molecule has 0 saturated heterocycles. The molecule has 5 atom stereocenters. The van der Waals surface area contributed by atoms with Gasteiger partial charge in [-0.25, -0.2) is 4.79 Å². The summed E-state index contributed by atoms with van der Waals surface area (Å²) in [5.41, 5.74) is 1.81. The largest absolute Gasteiger partial charge is 0.427 e. The lowest BCUT2D eigenvalue weighted by molar-refractivity contribution is 0.0594. The Kier molecular flexibility index (Phi) is 2.95. The van der Waals surface area contributed by atoms with E-state index in [9.17, 15) is 4.79 Å². The molecule has 0 radical (unpaired) electrons. The molecule has 3 aliphatic carbocycles. The fourth-order valence-corrected chi connectivity index (χ4v) is 4.91. The molecule has 0 aliphatic heterocycles. The fourth-order valence-electron chi connectivity index (χ4n) is 4.91. The number of rotatable bonds is 3. The Morgan fingerprint density at radius 2 is 1.67 bits per heavy atom. The van der Waals surface area contributed by atoms with E-state index in [4.69, 9.17) is 4.74 Å². The monoisotopic (exact) mass is 282 g/mol. The summed E-state index contributed by atoms with van der Waals surface area (Å²) in [6.45, 7) is 4.15. The van der Waals surface area contributed by atoms with E-state index in [0.717, 1.165) is 35.0 Å². The maximum absolute atomic E-state index is 12.3. The van der Waals surface area contributed by atoms with E-state index in [1.807, 2.05) is 30.3 Å². The van der Waals surface area contributed by atoms with Crippen LogP contribution in [0.1, 0.15) is 43.5 Å². The molecule has 3 saturated carbocycles. The van der Waals surface area contributed by atoms with Crippen LogP contribution in [0.25, 0.3) is 0 Å². The molecule has 1 aromatic carbocycles. The smallest absolute Gasteiger partial charge is 0.343 e. The number of hydrogen-bond acceptors (Lipinski definition) is 2. The zero-order valence-corrected chi connectivity index (χ0v) is 12.7. The molecule has 2 bridgehead atoms. The number of carbonyl (C=O) groups excluding carboxylic acids is 1. The van der Waals surface area contributed by atoms with Crippen molar-refractivity contribution >= 4 is 5.97 Å². The van der Waals surface area contributed by atoms with Crippen LogP contribution in [-0.4, -0.2) is 5.97 Å². The second-order valence-corrected chi connectivity index (χ2v) is 7.13. The molecule has 0 heterocycles. The van der Waals surface area contributed by atoms with Gasteiger partial charge in [-0.1, -0.05) is 18.2 Å². The van der Waals surface area contributed by atoms with Crippen LogP contribution in [-0.2, 0) is 4.74 Å². The number of allylic oxidation sites excluding steroid dienone is 2. The summed E-state index contributed by atoms with van der Waals surface area (Å²) in [5.74, 6) is 4.69. The molecule has 4 rings (SSSR count). The molecule has 110 valence electrons. The van der Waals surface area contributed by atoms with Crippen molar-refractivity contribution in [1.29, 1.82) is 0 Å². The van der Waals surface area contributed by atoms with Gasteiger partial charge in [-0.15, -0.1) is 0 Å². The second-order valence-electron chi connectivity index (χ2n) is 7.13. The molecule has 0 aromatic heterocycles. The molecule has 0 amide bonds. The summed E-state index contributed by atoms with van der Waals surface area (Å²) in [4.78, 5) is 12.3. The lowest BCUT2D eigenvalue weighted by Gasteiger charge is -2.15. The van der Waals surface area contributed by atoms with Crippen LogP contribution in [0.3, 0.4) is 0 Å². The fraction of sp³-hybridized carbons (Fsp3) is 0.526. The number of esters is 1. The van der Waals surface area contributed by atoms with Gasteiger partial charge in [-0.3, -0.25) is 0 Å². The predicted octanol–water partition coefficient (Wildman–Crippen LogP) is 4.43. The highest BCUT2D eigenvalue weighted by Gasteiger charge is 2.66. The van der Waals surface area contributed by atoms with Crippen molar-refractivity contribution in [3.63, 3.8) is 0 Å². The summed E-state index contributed by atoms with van der Waals surface area (Å²) in [6.07, 6.45) is 4.21. The van der Waals surface area contributed by atoms with Crippen LogP contribution >= 0.6 is 0 Å². The third-order valence-corrected chi connectivity index (χ3v) is 5.74. The van der Waals surface area contributed by atoms with Crippen molar-refractivity contribution in [2.75, 3.05) is 0 Å². The first kappa shape index (κ1) is 13.1. The Morgan fingerprint density at radius 1 is 1.05 bits per heavy atom. The average molecular weight is 282 g/mol. The summed E-state index contributed by atoms with van der Waals surface area (Å²) >= 11 is 0. The van der Waals surface area contributed by atoms with E-state index >= 15 is 0 Å². The number of carbonyl (C=O) groups is 1. The molecule has 2 heteroatoms. The van der Waals surface area contributed by atoms with Crippen molar-refractivity contribution in [2.45, 2.75) is 33.1 Å². The Bertz CT molecular complexity index is 581. The molecule has 3 fully saturated rings. The Morgan fingerprint density at radius 3 is 2.24 bits per heavy atom. The molecule has 3 aliphatic rings. The first-order valence-electron chi connectivity index (χ1n) is 8.11. The van der Waals surface area contributed by atoms with Crippen molar-refractivity contribution in [3.05, 3.63) is 47.2 Å². The second kappa shape index (κ2) is 4.72. The van der Waals surface area contributed by atoms with Gasteiger partial charge in [0.05, 0.1) is 5.56 Å². The molecule has 1 unspecified atom stereocenters. The number of benzene rings is 1. The van der Waals surface area contributed by atoms with E-state index in [1.165, 1.54) is 19.3 Å². The minimum atomic E-state index is -0.205. The highest BCUT2D eigenvalue weighted by molar-refractivity contribution is 5.90. The highest BCUT2D eigenvalue weighted by atomic mass is 16.5. The van der Waals surface area contributed by atoms with Crippen LogP contribution < -0.4 is 0 Å². The van der Waals surface area contributed by atoms with E-state index in [0.29, 0.717) is 11.5 Å². The van der Waals surface area contributed by atoms with Crippen LogP contribution in [0.5, 0.6) is 0 Å². The van der Waals surface area contributed by atoms with Gasteiger partial charge in [0.2, 0.25) is 0 Å². The molecule has 1 aromatic rings. The predicted molar refractivity (Wildman–Crippen MR) is 81.5 cm³/mol. The normalized spacial score (nSPS) is 35.2. The van der Waals surface area contributed by atoms with Crippen molar-refractivity contribution < 1.29 is 9.53 Å². The molecule has 21 heavy (non-hydrogen) atoms. The van der Waals surface area contributed by atoms with Crippen LogP contribution in [0, 0.1) is 29.6 Å². The topological polar surface area (TPSA) is 26.3 Å². The van der Waals surface area contributed by atoms with Gasteiger partial charge in [0.25, 0.3) is 0 Å². The standard InChI is InChI=1S/C19H22O2/c1-11(2)18(21-19(20)12-6-4-3-5-7-12)17-15-13-8-9-14(10-13)16(15)17/h3-7,13-17H,8-10H2,1-2H3/t13-,14+,15+,16-,17?. The zero-order chi connectivity index (χ0) is 14.6. The van der Waals surface area contributed by atoms with Gasteiger partial charge in [0.1, 0.15) is 5.76 Å². The summed E-state index contributed by atoms with van der Waals surface area (Å²) in [6, 6.07) is 9.32. The first-order valence-corrected chi connectivity index (χ1v) is 8.11. The van der Waals surface area contributed by atoms with Crippen molar-refractivity contribution in [2.24, 2.45) is 29.6 Å². The number of ether oxygens (including phenoxy) is 1. The molecular weight excluding hydrogens is 260 g/mol. The minimum absolute atomic E-state index is 0.205. The van der Waals surface area contributed by atoms with Crippen LogP contribution in [0.15, 0.2) is 41.7 Å². The summed E-state index contributed by atoms with van der Waals surface area (Å²) < 4.78 is 5.82. The number of fused-ring (bicyclic) bond motifs is 5. The quantitative estimate of drug-likeness (QED) is 0.605. The highest BCUT2D eigenvalue weighted by Crippen LogP contribution is 2.71. The van der Waals surface area contributed by atoms with E-state index < -0.39 is 0 Å². The molecule has 2 nitrogen and oxygen atoms in total. The van der Waals surface area contributed by atoms with Gasteiger partial charge < -0.3 is 4.74 Å². The maximum atomic E-state index is 12.3. The minimum Gasteiger partial charge on any atom is -0.427 e. The third kappa shape index (κ3) is 2.04. The van der Waals surface area contributed by atoms with E-state index in [1.54, 1.807) is 0 Å². The lowest BCUT2D eigenvalue weighted by atomic mass is 9.99. The molecular formula is C19H22O2. The van der Waals surface area contributed by atoms with Crippen molar-refractivity contribution in [3.8, 4) is 0 Å². The van der Waals surface area contributed by atoms with Crippen molar-refractivity contribution in [1.82, 2.24) is 0 Å². The van der Waals surface area contributed by atoms with Crippen LogP contribution in [0.2, 0.25) is 0 Å². The lowest BCUT2D eigenvalue weighted by Crippen LogP contribution is -2.11. The average Bonchev–Trinajstić information content (AvgIpc) is 2.90. The van der Waals surface area contributed by atoms with Gasteiger partial charge in [-0.05, 0) is 74.5 Å². The summed E-state index contributed by atoms with van der Waals surface area (Å²) in [7, 11) is 0. The maximum Gasteiger partial charge on any atom is 0.343 e. The van der Waals surface area contributed by atoms with Gasteiger partial charge in [-0.2, -0.15) is 0 Å². The van der Waals surface area contributed by atoms with Gasteiger partial charge in [0.15, 0.2) is 0 Å². The Hall–Kier alpha value is -1.57. The van der Waals surface area contributed by atoms with E-state index in [2.05, 4.69) is 13.8 Å². The third-order valence-electron chi connectivity index (χ3n) is 5.74. The summed E-state index contributed by atoms with van der Waals surface area (Å²) in [5, 5.41) is 0. The zero-order valence-electron chi connectivity index (χ0n) is 12.7. The van der Waals surface area contributed by atoms with Gasteiger partial charge >= 0.3 is 5.97 Å². The van der Waals surface area contributed by atoms with Gasteiger partial charge in [0, 0.05) is 5.92 Å². The first-order chi connectivity index (χ1) is 10.2. The Labute approximate surface area is 126 Å². The molecule has 0 spiro atoms. The molecule has 0 N–H and O–H groups in total. The van der Waals surface area contributed by atoms with Crippen LogP contribution in [0.4, 0.5) is 0 Å². The Balaban J connectivity index is 1.53. The SMILES string of the molecule is CC(C)=C(OC(=O)c1ccccc1)C1[C@@H]2[C@H]3CC[C@H](C3)[C@H]12. The number of hydrogen-bond donors (Lipinski definition) is 0.